The van der Waals surface area contributed by atoms with E-state index >= 15 is 0 Å². The van der Waals surface area contributed by atoms with E-state index in [0.29, 0.717) is 0 Å². The van der Waals surface area contributed by atoms with Crippen LogP contribution in [0.3, 0.4) is 0 Å². The van der Waals surface area contributed by atoms with Crippen LogP contribution in [0.1, 0.15) is 32.6 Å². The molecule has 0 aliphatic rings. The molecule has 2 rings (SSSR count). The van der Waals surface area contributed by atoms with Crippen molar-refractivity contribution in [3.63, 3.8) is 0 Å². The van der Waals surface area contributed by atoms with E-state index < -0.39 is 23.7 Å². The Morgan fingerprint density at radius 3 is 1.91 bits per heavy atom. The van der Waals surface area contributed by atoms with E-state index in [1.165, 1.54) is 26.4 Å². The zero-order valence-electron chi connectivity index (χ0n) is 20.7. The van der Waals surface area contributed by atoms with Gasteiger partial charge in [0.15, 0.2) is 6.61 Å². The van der Waals surface area contributed by atoms with Crippen molar-refractivity contribution in [2.24, 2.45) is 0 Å². The summed E-state index contributed by atoms with van der Waals surface area (Å²) in [7, 11) is 2.37. The van der Waals surface area contributed by atoms with Crippen LogP contribution in [0.25, 0.3) is 0 Å². The third-order valence-corrected chi connectivity index (χ3v) is 3.74. The van der Waals surface area contributed by atoms with E-state index in [2.05, 4.69) is 41.3 Å². The Balaban J connectivity index is 0.000000581. The van der Waals surface area contributed by atoms with Crippen molar-refractivity contribution in [3.8, 4) is 29.7 Å². The Kier molecular flexibility index (Phi) is 10.9. The molecule has 2 aromatic carbocycles. The first-order valence-electron chi connectivity index (χ1n) is 10.1. The highest BCUT2D eigenvalue weighted by Gasteiger charge is 2.13. The van der Waals surface area contributed by atoms with Crippen molar-refractivity contribution >= 4 is 43.8 Å². The van der Waals surface area contributed by atoms with Crippen molar-refractivity contribution in [2.75, 3.05) is 20.8 Å². The molecule has 0 heterocycles. The van der Waals surface area contributed by atoms with Gasteiger partial charge in [0.05, 0.1) is 31.8 Å². The number of benzene rings is 2. The molecule has 0 spiro atoms. The monoisotopic (exact) mass is 569 g/mol. The summed E-state index contributed by atoms with van der Waals surface area (Å²) in [6.07, 6.45) is 0. The number of hydrogen-bond acceptors (Lipinski definition) is 9. The molecular formula is C21H17Br2N3O6. The third-order valence-electron chi connectivity index (χ3n) is 2.89. The number of carbonyl (C=O) groups excluding carboxylic acids is 2. The number of methoxy groups -OCH3 is 2. The molecule has 0 fully saturated rings. The molecule has 0 aliphatic carbocycles. The van der Waals surface area contributed by atoms with Crippen molar-refractivity contribution in [1.29, 1.82) is 15.8 Å². The molecule has 0 saturated carbocycles. The first-order chi connectivity index (χ1) is 16.9. The van der Waals surface area contributed by atoms with Crippen LogP contribution in [0, 0.1) is 34.0 Å². The number of ether oxygens (including phenoxy) is 3. The number of nitriles is 3. The van der Waals surface area contributed by atoms with Gasteiger partial charge in [0, 0.05) is 8.95 Å². The molecule has 2 aromatic rings. The Hall–Kier alpha value is -3.59. The normalized spacial score (nSPS) is 10.3. The molecule has 0 aliphatic heterocycles. The maximum Gasteiger partial charge on any atom is 0.341 e. The van der Waals surface area contributed by atoms with Crippen molar-refractivity contribution in [3.05, 3.63) is 56.4 Å². The summed E-state index contributed by atoms with van der Waals surface area (Å²) in [5, 5.41) is 33.0. The number of halogens is 2. The Morgan fingerprint density at radius 2 is 1.44 bits per heavy atom. The lowest BCUT2D eigenvalue weighted by molar-refractivity contribution is 0.0587. The highest BCUT2D eigenvalue weighted by molar-refractivity contribution is 9.10. The molecule has 9 nitrogen and oxygen atoms in total. The molecule has 32 heavy (non-hydrogen) atoms. The average Bonchev–Trinajstić information content (AvgIpc) is 2.87. The van der Waals surface area contributed by atoms with Gasteiger partial charge in [-0.15, -0.1) is 0 Å². The van der Waals surface area contributed by atoms with E-state index in [1.807, 2.05) is 0 Å². The van der Waals surface area contributed by atoms with Gasteiger partial charge in [-0.1, -0.05) is 31.9 Å². The summed E-state index contributed by atoms with van der Waals surface area (Å²) in [6, 6.07) is 6.66. The number of esters is 2. The van der Waals surface area contributed by atoms with Gasteiger partial charge in [-0.05, 0) is 36.3 Å². The summed E-state index contributed by atoms with van der Waals surface area (Å²) < 4.78 is 44.4. The smallest absolute Gasteiger partial charge is 0.341 e. The van der Waals surface area contributed by atoms with Crippen LogP contribution >= 0.6 is 31.9 Å². The van der Waals surface area contributed by atoms with Crippen molar-refractivity contribution in [1.82, 2.24) is 0 Å². The van der Waals surface area contributed by atoms with E-state index in [-0.39, 0.29) is 57.0 Å². The Morgan fingerprint density at radius 1 is 0.938 bits per heavy atom. The second-order valence-electron chi connectivity index (χ2n) is 4.91. The summed E-state index contributed by atoms with van der Waals surface area (Å²) in [5.41, 5.74) is -0.115. The number of hydrogen-bond donors (Lipinski definition) is 1. The Bertz CT molecular complexity index is 1240. The topological polar surface area (TPSA) is 153 Å². The fraction of sp³-hybridized carbons (Fsp3) is 0.190. The van der Waals surface area contributed by atoms with Crippen LogP contribution in [-0.2, 0) is 9.47 Å². The second-order valence-corrected chi connectivity index (χ2v) is 6.62. The first-order valence-corrected chi connectivity index (χ1v) is 9.70. The minimum atomic E-state index is -0.739. The number of nitrogens with zero attached hydrogens (tertiary/aromatic N) is 3. The average molecular weight is 571 g/mol. The molecule has 0 amide bonds. The van der Waals surface area contributed by atoms with Gasteiger partial charge >= 0.3 is 11.9 Å². The lowest BCUT2D eigenvalue weighted by atomic mass is 10.2. The van der Waals surface area contributed by atoms with Gasteiger partial charge in [-0.2, -0.15) is 15.8 Å². The maximum absolute atomic E-state index is 11.5. The molecule has 0 saturated heterocycles. The quantitative estimate of drug-likeness (QED) is 0.523. The van der Waals surface area contributed by atoms with Crippen LogP contribution < -0.4 is 4.74 Å². The molecule has 0 atom stereocenters. The fourth-order valence-corrected chi connectivity index (χ4v) is 2.27. The minimum Gasteiger partial charge on any atom is -0.507 e. The van der Waals surface area contributed by atoms with Crippen LogP contribution in [-0.4, -0.2) is 37.9 Å². The number of carbonyl (C=O) groups is 2. The zero-order valence-corrected chi connectivity index (χ0v) is 19.8. The minimum absolute atomic E-state index is 0. The molecule has 1 N–H and O–H groups in total. The van der Waals surface area contributed by atoms with Gasteiger partial charge in [-0.3, -0.25) is 0 Å². The summed E-state index contributed by atoms with van der Waals surface area (Å²) >= 11 is 6.06. The summed E-state index contributed by atoms with van der Waals surface area (Å²) in [6.45, 7) is -0.309. The van der Waals surface area contributed by atoms with E-state index in [1.54, 1.807) is 18.2 Å². The van der Waals surface area contributed by atoms with Crippen LogP contribution in [0.4, 0.5) is 0 Å². The molecule has 11 heteroatoms. The Labute approximate surface area is 207 Å². The predicted molar refractivity (Wildman–Crippen MR) is 120 cm³/mol. The summed E-state index contributed by atoms with van der Waals surface area (Å²) in [4.78, 5) is 22.6. The predicted octanol–water partition coefficient (Wildman–Crippen LogP) is 4.50. The van der Waals surface area contributed by atoms with Crippen molar-refractivity contribution < 1.29 is 34.4 Å². The van der Waals surface area contributed by atoms with Gasteiger partial charge in [0.1, 0.15) is 35.1 Å². The van der Waals surface area contributed by atoms with Gasteiger partial charge in [0.2, 0.25) is 0 Å². The standard InChI is InChI=1S/C10H8BrNO3.C8H7BrO3.C3H2N2/c1-14-10(13)8-6-7(11)2-3-9(8)15-5-4-12;1-12-8(11)6-4-5(9)2-3-7(6)10;4-2-1-3-5/h2-3,6H,5H2,1H3;2-4,10H,1H3;1H2/i2*2D,3D;. The lowest BCUT2D eigenvalue weighted by Crippen LogP contribution is -2.05. The largest absolute Gasteiger partial charge is 0.507 e. The molecule has 0 aromatic heterocycles. The molecule has 0 bridgehead atoms. The van der Waals surface area contributed by atoms with Crippen LogP contribution in [0.5, 0.6) is 11.5 Å². The number of phenolic OH excluding ortho intramolecular Hbond substituents is 1. The molecule has 0 radical (unpaired) electrons. The van der Waals surface area contributed by atoms with Crippen molar-refractivity contribution in [2.45, 2.75) is 6.42 Å². The van der Waals surface area contributed by atoms with Gasteiger partial charge in [-0.25, -0.2) is 9.59 Å². The number of rotatable bonds is 4. The second kappa shape index (κ2) is 16.1. The van der Waals surface area contributed by atoms with Gasteiger partial charge < -0.3 is 19.3 Å². The fourth-order valence-electron chi connectivity index (χ4n) is 1.61. The number of aromatic hydroxyl groups is 1. The van der Waals surface area contributed by atoms with E-state index in [4.69, 9.17) is 26.0 Å². The van der Waals surface area contributed by atoms with E-state index in [0.717, 1.165) is 0 Å². The first kappa shape index (κ1) is 21.6. The summed E-state index contributed by atoms with van der Waals surface area (Å²) in [5.74, 6) is -2.08. The zero-order chi connectivity index (χ0) is 28.0. The lowest BCUT2D eigenvalue weighted by Gasteiger charge is -2.07. The van der Waals surface area contributed by atoms with E-state index in [9.17, 15) is 14.7 Å². The van der Waals surface area contributed by atoms with Crippen LogP contribution in [0.15, 0.2) is 45.2 Å². The van der Waals surface area contributed by atoms with Gasteiger partial charge in [0.25, 0.3) is 0 Å². The third kappa shape index (κ3) is 10.4. The molecule has 0 unspecified atom stereocenters. The number of phenols is 1. The molecule has 166 valence electrons. The SMILES string of the molecule is N#CCC#N.[2H]c1c(Br)cc(C(=O)OC)c(O)c1[2H].[2H]c1c(Br)cc(C(=O)OC)c(OCC#N)c1[2H]. The maximum atomic E-state index is 11.5. The molecular weight excluding hydrogens is 550 g/mol. The highest BCUT2D eigenvalue weighted by Crippen LogP contribution is 2.24. The van der Waals surface area contributed by atoms with Crippen LogP contribution in [0.2, 0.25) is 0 Å². The highest BCUT2D eigenvalue weighted by atomic mass is 79.9.